The number of hydrogen-bond donors (Lipinski definition) is 2. The van der Waals surface area contributed by atoms with Gasteiger partial charge in [0.15, 0.2) is 0 Å². The zero-order valence-corrected chi connectivity index (χ0v) is 12.1. The summed E-state index contributed by atoms with van der Waals surface area (Å²) in [7, 11) is 0. The Kier molecular flexibility index (Phi) is 4.08. The smallest absolute Gasteiger partial charge is 0.255 e. The molecule has 18 heavy (non-hydrogen) atoms. The molecule has 0 fully saturated rings. The van der Waals surface area contributed by atoms with Gasteiger partial charge in [-0.2, -0.15) is 0 Å². The number of phenols is 1. The first-order valence-electron chi connectivity index (χ1n) is 5.12. The van der Waals surface area contributed by atoms with Crippen molar-refractivity contribution in [3.05, 3.63) is 56.6 Å². The molecule has 2 aromatic carbocycles. The maximum Gasteiger partial charge on any atom is 0.255 e. The summed E-state index contributed by atoms with van der Waals surface area (Å²) >= 11 is 8.04. The number of para-hydroxylation sites is 2. The van der Waals surface area contributed by atoms with Crippen LogP contribution in [-0.4, -0.2) is 11.0 Å². The first-order valence-corrected chi connectivity index (χ1v) is 6.58. The summed E-state index contributed by atoms with van der Waals surface area (Å²) in [4.78, 5) is 11.9. The SMILES string of the molecule is O=C(Nc1ccccc1O)c1ccc(I)c(Cl)c1. The molecule has 0 atom stereocenters. The number of carbonyl (C=O) groups excluding carboxylic acids is 1. The highest BCUT2D eigenvalue weighted by atomic mass is 127. The molecular formula is C13H9ClINO2. The van der Waals surface area contributed by atoms with Crippen molar-refractivity contribution < 1.29 is 9.90 Å². The van der Waals surface area contributed by atoms with Gasteiger partial charge < -0.3 is 10.4 Å². The van der Waals surface area contributed by atoms with Gasteiger partial charge in [0, 0.05) is 9.13 Å². The average molecular weight is 374 g/mol. The van der Waals surface area contributed by atoms with E-state index in [2.05, 4.69) is 27.9 Å². The van der Waals surface area contributed by atoms with Gasteiger partial charge in [-0.3, -0.25) is 4.79 Å². The predicted octanol–water partition coefficient (Wildman–Crippen LogP) is 3.90. The van der Waals surface area contributed by atoms with Crippen LogP contribution in [0.5, 0.6) is 5.75 Å². The minimum Gasteiger partial charge on any atom is -0.506 e. The summed E-state index contributed by atoms with van der Waals surface area (Å²) in [5.74, 6) is -0.280. The van der Waals surface area contributed by atoms with E-state index >= 15 is 0 Å². The summed E-state index contributed by atoms with van der Waals surface area (Å²) in [6.45, 7) is 0. The molecule has 3 nitrogen and oxygen atoms in total. The van der Waals surface area contributed by atoms with Gasteiger partial charge in [-0.15, -0.1) is 0 Å². The molecule has 0 aromatic heterocycles. The third-order valence-electron chi connectivity index (χ3n) is 2.33. The van der Waals surface area contributed by atoms with Crippen LogP contribution in [0.4, 0.5) is 5.69 Å². The number of aromatic hydroxyl groups is 1. The molecule has 2 rings (SSSR count). The summed E-state index contributed by atoms with van der Waals surface area (Å²) in [6.07, 6.45) is 0. The second-order valence-corrected chi connectivity index (χ2v) is 5.17. The van der Waals surface area contributed by atoms with E-state index in [-0.39, 0.29) is 11.7 Å². The molecule has 0 spiro atoms. The molecular weight excluding hydrogens is 365 g/mol. The van der Waals surface area contributed by atoms with Gasteiger partial charge in [0.2, 0.25) is 0 Å². The van der Waals surface area contributed by atoms with E-state index in [9.17, 15) is 9.90 Å². The Bertz CT molecular complexity index is 601. The number of anilines is 1. The van der Waals surface area contributed by atoms with Crippen molar-refractivity contribution in [2.24, 2.45) is 0 Å². The standard InChI is InChI=1S/C13H9ClINO2/c14-9-7-8(5-6-10(9)15)13(18)16-11-3-1-2-4-12(11)17/h1-7,17H,(H,16,18). The van der Waals surface area contributed by atoms with Crippen LogP contribution in [0, 0.1) is 3.57 Å². The third kappa shape index (κ3) is 2.94. The molecule has 2 N–H and O–H groups in total. The molecule has 0 heterocycles. The first kappa shape index (κ1) is 13.2. The number of phenolic OH excluding ortho intramolecular Hbond substituents is 1. The van der Waals surface area contributed by atoms with Crippen molar-refractivity contribution in [3.8, 4) is 5.75 Å². The van der Waals surface area contributed by atoms with E-state index in [1.165, 1.54) is 6.07 Å². The van der Waals surface area contributed by atoms with Crippen molar-refractivity contribution >= 4 is 45.8 Å². The fourth-order valence-electron chi connectivity index (χ4n) is 1.41. The molecule has 0 saturated carbocycles. The zero-order chi connectivity index (χ0) is 13.1. The van der Waals surface area contributed by atoms with E-state index in [4.69, 9.17) is 11.6 Å². The second-order valence-electron chi connectivity index (χ2n) is 3.60. The van der Waals surface area contributed by atoms with Crippen LogP contribution < -0.4 is 5.32 Å². The maximum absolute atomic E-state index is 11.9. The lowest BCUT2D eigenvalue weighted by atomic mass is 10.2. The number of halogens is 2. The van der Waals surface area contributed by atoms with Gasteiger partial charge in [-0.1, -0.05) is 23.7 Å². The van der Waals surface area contributed by atoms with Crippen LogP contribution in [0.2, 0.25) is 5.02 Å². The Labute approximate surface area is 123 Å². The van der Waals surface area contributed by atoms with Crippen molar-refractivity contribution in [3.63, 3.8) is 0 Å². The lowest BCUT2D eigenvalue weighted by Crippen LogP contribution is -2.11. The molecule has 0 aliphatic rings. The van der Waals surface area contributed by atoms with Gasteiger partial charge in [-0.25, -0.2) is 0 Å². The quantitative estimate of drug-likeness (QED) is 0.619. The van der Waals surface area contributed by atoms with E-state index in [0.29, 0.717) is 16.3 Å². The summed E-state index contributed by atoms with van der Waals surface area (Å²) < 4.78 is 0.883. The Hall–Kier alpha value is -1.27. The molecule has 92 valence electrons. The summed E-state index contributed by atoms with van der Waals surface area (Å²) in [5, 5.41) is 12.7. The minimum atomic E-state index is -0.310. The van der Waals surface area contributed by atoms with E-state index in [1.54, 1.807) is 36.4 Å². The molecule has 0 unspecified atom stereocenters. The molecule has 0 saturated heterocycles. The summed E-state index contributed by atoms with van der Waals surface area (Å²) in [5.41, 5.74) is 0.820. The predicted molar refractivity (Wildman–Crippen MR) is 80.2 cm³/mol. The molecule has 0 aliphatic heterocycles. The molecule has 5 heteroatoms. The first-order chi connectivity index (χ1) is 8.58. The van der Waals surface area contributed by atoms with Crippen molar-refractivity contribution in [2.45, 2.75) is 0 Å². The normalized spacial score (nSPS) is 10.1. The maximum atomic E-state index is 11.9. The third-order valence-corrected chi connectivity index (χ3v) is 3.91. The Balaban J connectivity index is 2.22. The summed E-state index contributed by atoms with van der Waals surface area (Å²) in [6, 6.07) is 11.6. The fourth-order valence-corrected chi connectivity index (χ4v) is 1.93. The number of benzene rings is 2. The van der Waals surface area contributed by atoms with Gasteiger partial charge in [-0.05, 0) is 52.9 Å². The topological polar surface area (TPSA) is 49.3 Å². The second kappa shape index (κ2) is 5.58. The lowest BCUT2D eigenvalue weighted by Gasteiger charge is -2.07. The highest BCUT2D eigenvalue weighted by molar-refractivity contribution is 14.1. The Morgan fingerprint density at radius 3 is 2.61 bits per heavy atom. The molecule has 1 amide bonds. The van der Waals surface area contributed by atoms with Gasteiger partial charge in [0.1, 0.15) is 5.75 Å². The van der Waals surface area contributed by atoms with Gasteiger partial charge >= 0.3 is 0 Å². The van der Waals surface area contributed by atoms with Crippen molar-refractivity contribution in [1.82, 2.24) is 0 Å². The number of amides is 1. The van der Waals surface area contributed by atoms with Crippen molar-refractivity contribution in [2.75, 3.05) is 5.32 Å². The van der Waals surface area contributed by atoms with Crippen molar-refractivity contribution in [1.29, 1.82) is 0 Å². The van der Waals surface area contributed by atoms with E-state index in [0.717, 1.165) is 3.57 Å². The van der Waals surface area contributed by atoms with Crippen LogP contribution in [0.15, 0.2) is 42.5 Å². The number of hydrogen-bond acceptors (Lipinski definition) is 2. The average Bonchev–Trinajstić information content (AvgIpc) is 2.35. The molecule has 0 bridgehead atoms. The monoisotopic (exact) mass is 373 g/mol. The molecule has 0 aliphatic carbocycles. The van der Waals surface area contributed by atoms with Crippen LogP contribution in [-0.2, 0) is 0 Å². The number of rotatable bonds is 2. The number of carbonyl (C=O) groups is 1. The zero-order valence-electron chi connectivity index (χ0n) is 9.15. The lowest BCUT2D eigenvalue weighted by molar-refractivity contribution is 0.102. The van der Waals surface area contributed by atoms with Gasteiger partial charge in [0.05, 0.1) is 10.7 Å². The van der Waals surface area contributed by atoms with Crippen LogP contribution in [0.3, 0.4) is 0 Å². The highest BCUT2D eigenvalue weighted by Gasteiger charge is 2.09. The van der Waals surface area contributed by atoms with Crippen LogP contribution >= 0.6 is 34.2 Å². The Morgan fingerprint density at radius 1 is 1.22 bits per heavy atom. The van der Waals surface area contributed by atoms with E-state index < -0.39 is 0 Å². The van der Waals surface area contributed by atoms with Crippen LogP contribution in [0.1, 0.15) is 10.4 Å². The molecule has 2 aromatic rings. The fraction of sp³-hybridized carbons (Fsp3) is 0. The van der Waals surface area contributed by atoms with E-state index in [1.807, 2.05) is 0 Å². The minimum absolute atomic E-state index is 0.0301. The molecule has 0 radical (unpaired) electrons. The van der Waals surface area contributed by atoms with Gasteiger partial charge in [0.25, 0.3) is 5.91 Å². The largest absolute Gasteiger partial charge is 0.506 e. The highest BCUT2D eigenvalue weighted by Crippen LogP contribution is 2.24. The van der Waals surface area contributed by atoms with Crippen LogP contribution in [0.25, 0.3) is 0 Å². The Morgan fingerprint density at radius 2 is 1.94 bits per heavy atom. The number of nitrogens with one attached hydrogen (secondary N) is 1.